The van der Waals surface area contributed by atoms with Crippen molar-refractivity contribution < 1.29 is 0 Å². The molecule has 0 aliphatic heterocycles. The summed E-state index contributed by atoms with van der Waals surface area (Å²) in [6, 6.07) is 6.08. The van der Waals surface area contributed by atoms with Gasteiger partial charge in [0.15, 0.2) is 11.8 Å². The third-order valence-corrected chi connectivity index (χ3v) is 3.21. The standard InChI is InChI=1S/C17H26N6/c1-12-9-13(2)23(22-12)15-8-7-14(10-19-15)11-20-16(18-6)21-17(3,4)5/h7-10H,11H2,1-6H3,(H2,18,20,21). The van der Waals surface area contributed by atoms with Crippen LogP contribution in [0.2, 0.25) is 0 Å². The van der Waals surface area contributed by atoms with Crippen LogP contribution < -0.4 is 10.6 Å². The number of hydrogen-bond donors (Lipinski definition) is 2. The summed E-state index contributed by atoms with van der Waals surface area (Å²) >= 11 is 0. The predicted octanol–water partition coefficient (Wildman–Crippen LogP) is 2.35. The van der Waals surface area contributed by atoms with Gasteiger partial charge in [-0.25, -0.2) is 9.67 Å². The Morgan fingerprint density at radius 2 is 2.00 bits per heavy atom. The lowest BCUT2D eigenvalue weighted by molar-refractivity contribution is 0.501. The molecule has 0 unspecified atom stereocenters. The quantitative estimate of drug-likeness (QED) is 0.674. The van der Waals surface area contributed by atoms with Gasteiger partial charge < -0.3 is 10.6 Å². The van der Waals surface area contributed by atoms with E-state index in [0.29, 0.717) is 6.54 Å². The fraction of sp³-hybridized carbons (Fsp3) is 0.471. The van der Waals surface area contributed by atoms with Crippen LogP contribution in [0.4, 0.5) is 0 Å². The van der Waals surface area contributed by atoms with Crippen LogP contribution in [0, 0.1) is 13.8 Å². The monoisotopic (exact) mass is 314 g/mol. The van der Waals surface area contributed by atoms with Gasteiger partial charge in [0, 0.05) is 31.0 Å². The Bertz CT molecular complexity index is 676. The van der Waals surface area contributed by atoms with Gasteiger partial charge in [-0.05, 0) is 52.3 Å². The third-order valence-electron chi connectivity index (χ3n) is 3.21. The zero-order valence-corrected chi connectivity index (χ0v) is 14.8. The average Bonchev–Trinajstić information content (AvgIpc) is 2.81. The van der Waals surface area contributed by atoms with Crippen molar-refractivity contribution in [2.75, 3.05) is 7.05 Å². The lowest BCUT2D eigenvalue weighted by Crippen LogP contribution is -2.47. The summed E-state index contributed by atoms with van der Waals surface area (Å²) < 4.78 is 1.85. The topological polar surface area (TPSA) is 67.1 Å². The molecule has 124 valence electrons. The zero-order chi connectivity index (χ0) is 17.0. The highest BCUT2D eigenvalue weighted by Gasteiger charge is 2.11. The molecule has 0 bridgehead atoms. The van der Waals surface area contributed by atoms with E-state index in [1.165, 1.54) is 0 Å². The van der Waals surface area contributed by atoms with Crippen LogP contribution in [0.25, 0.3) is 5.82 Å². The number of nitrogens with one attached hydrogen (secondary N) is 2. The molecule has 2 N–H and O–H groups in total. The minimum Gasteiger partial charge on any atom is -0.352 e. The number of rotatable bonds is 3. The van der Waals surface area contributed by atoms with Crippen molar-refractivity contribution in [1.29, 1.82) is 0 Å². The second-order valence-electron chi connectivity index (χ2n) is 6.66. The highest BCUT2D eigenvalue weighted by Crippen LogP contribution is 2.10. The highest BCUT2D eigenvalue weighted by molar-refractivity contribution is 5.80. The predicted molar refractivity (Wildman–Crippen MR) is 93.9 cm³/mol. The van der Waals surface area contributed by atoms with Crippen molar-refractivity contribution in [1.82, 2.24) is 25.4 Å². The van der Waals surface area contributed by atoms with Crippen LogP contribution in [0.5, 0.6) is 0 Å². The third kappa shape index (κ3) is 4.81. The first-order chi connectivity index (χ1) is 10.8. The Morgan fingerprint density at radius 1 is 1.26 bits per heavy atom. The Hall–Kier alpha value is -2.37. The summed E-state index contributed by atoms with van der Waals surface area (Å²) in [4.78, 5) is 8.73. The van der Waals surface area contributed by atoms with Crippen molar-refractivity contribution >= 4 is 5.96 Å². The molecule has 2 heterocycles. The smallest absolute Gasteiger partial charge is 0.191 e. The maximum atomic E-state index is 4.50. The van der Waals surface area contributed by atoms with E-state index < -0.39 is 0 Å². The molecule has 6 heteroatoms. The van der Waals surface area contributed by atoms with Crippen LogP contribution in [-0.2, 0) is 6.54 Å². The van der Waals surface area contributed by atoms with Crippen molar-refractivity contribution in [2.24, 2.45) is 4.99 Å². The Labute approximate surface area is 138 Å². The first-order valence-corrected chi connectivity index (χ1v) is 7.76. The van der Waals surface area contributed by atoms with Gasteiger partial charge in [-0.3, -0.25) is 4.99 Å². The molecule has 0 atom stereocenters. The minimum atomic E-state index is -0.0283. The summed E-state index contributed by atoms with van der Waals surface area (Å²) in [5, 5.41) is 11.1. The minimum absolute atomic E-state index is 0.0283. The van der Waals surface area contributed by atoms with Crippen LogP contribution >= 0.6 is 0 Å². The number of guanidine groups is 1. The van der Waals surface area contributed by atoms with Gasteiger partial charge in [0.1, 0.15) is 0 Å². The summed E-state index contributed by atoms with van der Waals surface area (Å²) in [6.45, 7) is 11.0. The number of aliphatic imine (C=N–C) groups is 1. The fourth-order valence-corrected chi connectivity index (χ4v) is 2.23. The van der Waals surface area contributed by atoms with Crippen LogP contribution in [0.15, 0.2) is 29.4 Å². The van der Waals surface area contributed by atoms with E-state index in [-0.39, 0.29) is 5.54 Å². The molecule has 0 amide bonds. The largest absolute Gasteiger partial charge is 0.352 e. The molecule has 2 rings (SSSR count). The second-order valence-corrected chi connectivity index (χ2v) is 6.66. The zero-order valence-electron chi connectivity index (χ0n) is 14.8. The molecule has 2 aromatic rings. The van der Waals surface area contributed by atoms with Crippen LogP contribution in [-0.4, -0.2) is 33.3 Å². The maximum absolute atomic E-state index is 4.50. The number of hydrogen-bond acceptors (Lipinski definition) is 3. The van der Waals surface area contributed by atoms with Gasteiger partial charge in [0.2, 0.25) is 0 Å². The van der Waals surface area contributed by atoms with Crippen molar-refractivity contribution in [3.8, 4) is 5.82 Å². The van der Waals surface area contributed by atoms with Gasteiger partial charge in [0.05, 0.1) is 5.69 Å². The number of nitrogens with zero attached hydrogens (tertiary/aromatic N) is 4. The molecule has 0 saturated carbocycles. The van der Waals surface area contributed by atoms with E-state index in [1.807, 2.05) is 36.9 Å². The van der Waals surface area contributed by atoms with E-state index in [0.717, 1.165) is 28.7 Å². The molecular weight excluding hydrogens is 288 g/mol. The lowest BCUT2D eigenvalue weighted by Gasteiger charge is -2.23. The van der Waals surface area contributed by atoms with E-state index in [1.54, 1.807) is 7.05 Å². The van der Waals surface area contributed by atoms with E-state index >= 15 is 0 Å². The molecular formula is C17H26N6. The SMILES string of the molecule is CN=C(NCc1ccc(-n2nc(C)cc2C)nc1)NC(C)(C)C. The van der Waals surface area contributed by atoms with Gasteiger partial charge in [-0.15, -0.1) is 0 Å². The Morgan fingerprint density at radius 3 is 2.48 bits per heavy atom. The molecule has 0 aliphatic carbocycles. The van der Waals surface area contributed by atoms with Crippen molar-refractivity contribution in [2.45, 2.75) is 46.7 Å². The van der Waals surface area contributed by atoms with E-state index in [2.05, 4.69) is 52.5 Å². The van der Waals surface area contributed by atoms with E-state index in [4.69, 9.17) is 0 Å². The summed E-state index contributed by atoms with van der Waals surface area (Å²) in [5.41, 5.74) is 3.13. The van der Waals surface area contributed by atoms with Gasteiger partial charge >= 0.3 is 0 Å². The molecule has 0 aliphatic rings. The molecule has 0 saturated heterocycles. The first-order valence-electron chi connectivity index (χ1n) is 7.76. The normalized spacial score (nSPS) is 12.3. The molecule has 0 spiro atoms. The molecule has 0 radical (unpaired) electrons. The average molecular weight is 314 g/mol. The second kappa shape index (κ2) is 6.81. The molecule has 6 nitrogen and oxygen atoms in total. The number of pyridine rings is 1. The Balaban J connectivity index is 2.02. The van der Waals surface area contributed by atoms with Gasteiger partial charge in [-0.2, -0.15) is 5.10 Å². The lowest BCUT2D eigenvalue weighted by atomic mass is 10.1. The molecule has 23 heavy (non-hydrogen) atoms. The fourth-order valence-electron chi connectivity index (χ4n) is 2.23. The van der Waals surface area contributed by atoms with Gasteiger partial charge in [-0.1, -0.05) is 6.07 Å². The van der Waals surface area contributed by atoms with Crippen LogP contribution in [0.3, 0.4) is 0 Å². The number of aromatic nitrogens is 3. The van der Waals surface area contributed by atoms with E-state index in [9.17, 15) is 0 Å². The van der Waals surface area contributed by atoms with Gasteiger partial charge in [0.25, 0.3) is 0 Å². The molecule has 0 aromatic carbocycles. The summed E-state index contributed by atoms with van der Waals surface area (Å²) in [6.07, 6.45) is 1.86. The first kappa shape index (κ1) is 17.0. The summed E-state index contributed by atoms with van der Waals surface area (Å²) in [7, 11) is 1.77. The maximum Gasteiger partial charge on any atom is 0.191 e. The summed E-state index contributed by atoms with van der Waals surface area (Å²) in [5.74, 6) is 1.61. The van der Waals surface area contributed by atoms with Crippen LogP contribution in [0.1, 0.15) is 37.7 Å². The molecule has 0 fully saturated rings. The Kier molecular flexibility index (Phi) is 5.03. The highest BCUT2D eigenvalue weighted by atomic mass is 15.3. The number of aryl methyl sites for hydroxylation is 2. The van der Waals surface area contributed by atoms with Crippen molar-refractivity contribution in [3.63, 3.8) is 0 Å². The van der Waals surface area contributed by atoms with Crippen molar-refractivity contribution in [3.05, 3.63) is 41.3 Å². The molecule has 2 aromatic heterocycles.